The maximum Gasteiger partial charge on any atom is 0.258 e. The second kappa shape index (κ2) is 6.81. The van der Waals surface area contributed by atoms with Crippen LogP contribution < -0.4 is 5.32 Å². The predicted octanol–water partition coefficient (Wildman–Crippen LogP) is 4.14. The molecule has 0 atom stereocenters. The number of hydrogen-bond acceptors (Lipinski definition) is 4. The van der Waals surface area contributed by atoms with Crippen molar-refractivity contribution >= 4 is 38.3 Å². The van der Waals surface area contributed by atoms with E-state index >= 15 is 0 Å². The number of nitrogens with one attached hydrogen (secondary N) is 1. The molecule has 0 unspecified atom stereocenters. The second-order valence-corrected chi connectivity index (χ2v) is 6.51. The zero-order valence-electron chi connectivity index (χ0n) is 11.5. The Morgan fingerprint density at radius 2 is 1.77 bits per heavy atom. The molecule has 0 radical (unpaired) electrons. The SMILES string of the molecule is O=C(Nc1nnc(Cc2ccccc2)s1)c1ccccc1Br. The fraction of sp³-hybridized carbons (Fsp3) is 0.0625. The maximum atomic E-state index is 12.2. The lowest BCUT2D eigenvalue weighted by Gasteiger charge is -2.02. The van der Waals surface area contributed by atoms with E-state index in [0.717, 1.165) is 9.48 Å². The molecule has 0 spiro atoms. The van der Waals surface area contributed by atoms with Gasteiger partial charge in [0.15, 0.2) is 0 Å². The van der Waals surface area contributed by atoms with Crippen LogP contribution in [0.15, 0.2) is 59.1 Å². The first-order valence-electron chi connectivity index (χ1n) is 6.64. The first-order chi connectivity index (χ1) is 10.7. The minimum absolute atomic E-state index is 0.199. The highest BCUT2D eigenvalue weighted by Gasteiger charge is 2.12. The van der Waals surface area contributed by atoms with Gasteiger partial charge in [-0.05, 0) is 33.6 Å². The Balaban J connectivity index is 1.69. The summed E-state index contributed by atoms with van der Waals surface area (Å²) in [6.45, 7) is 0. The summed E-state index contributed by atoms with van der Waals surface area (Å²) in [4.78, 5) is 12.2. The summed E-state index contributed by atoms with van der Waals surface area (Å²) in [7, 11) is 0. The molecule has 0 bridgehead atoms. The van der Waals surface area contributed by atoms with Gasteiger partial charge in [0.2, 0.25) is 5.13 Å². The van der Waals surface area contributed by atoms with Crippen LogP contribution in [0.2, 0.25) is 0 Å². The monoisotopic (exact) mass is 373 g/mol. The standard InChI is InChI=1S/C16H12BrN3OS/c17-13-9-5-4-8-12(13)15(21)18-16-20-19-14(22-16)10-11-6-2-1-3-7-11/h1-9H,10H2,(H,18,20,21). The smallest absolute Gasteiger partial charge is 0.258 e. The fourth-order valence-electron chi connectivity index (χ4n) is 1.96. The summed E-state index contributed by atoms with van der Waals surface area (Å²) in [5.41, 5.74) is 1.74. The number of rotatable bonds is 4. The van der Waals surface area contributed by atoms with E-state index in [9.17, 15) is 4.79 Å². The first kappa shape index (κ1) is 14.9. The minimum Gasteiger partial charge on any atom is -0.296 e. The molecule has 3 aromatic rings. The van der Waals surface area contributed by atoms with Gasteiger partial charge in [-0.3, -0.25) is 10.1 Å². The van der Waals surface area contributed by atoms with Crippen molar-refractivity contribution in [2.45, 2.75) is 6.42 Å². The van der Waals surface area contributed by atoms with Crippen molar-refractivity contribution in [2.24, 2.45) is 0 Å². The molecule has 0 aliphatic heterocycles. The largest absolute Gasteiger partial charge is 0.296 e. The van der Waals surface area contributed by atoms with E-state index in [-0.39, 0.29) is 5.91 Å². The van der Waals surface area contributed by atoms with Crippen LogP contribution in [0, 0.1) is 0 Å². The Morgan fingerprint density at radius 1 is 1.05 bits per heavy atom. The average molecular weight is 374 g/mol. The molecule has 0 fully saturated rings. The minimum atomic E-state index is -0.199. The number of hydrogen-bond donors (Lipinski definition) is 1. The topological polar surface area (TPSA) is 54.9 Å². The third-order valence-electron chi connectivity index (χ3n) is 3.00. The number of amides is 1. The van der Waals surface area contributed by atoms with Crippen molar-refractivity contribution in [1.82, 2.24) is 10.2 Å². The average Bonchev–Trinajstić information content (AvgIpc) is 2.95. The molecule has 4 nitrogen and oxygen atoms in total. The lowest BCUT2D eigenvalue weighted by Crippen LogP contribution is -2.12. The van der Waals surface area contributed by atoms with Gasteiger partial charge in [0.25, 0.3) is 5.91 Å². The number of carbonyl (C=O) groups is 1. The molecule has 1 N–H and O–H groups in total. The molecule has 1 aromatic heterocycles. The van der Waals surface area contributed by atoms with Gasteiger partial charge in [-0.2, -0.15) is 0 Å². The maximum absolute atomic E-state index is 12.2. The lowest BCUT2D eigenvalue weighted by molar-refractivity contribution is 0.102. The second-order valence-electron chi connectivity index (χ2n) is 4.60. The van der Waals surface area contributed by atoms with E-state index in [1.165, 1.54) is 16.9 Å². The van der Waals surface area contributed by atoms with Gasteiger partial charge in [0.1, 0.15) is 5.01 Å². The molecule has 0 aliphatic carbocycles. The lowest BCUT2D eigenvalue weighted by atomic mass is 10.2. The van der Waals surface area contributed by atoms with E-state index in [4.69, 9.17) is 0 Å². The van der Waals surface area contributed by atoms with Crippen molar-refractivity contribution in [3.8, 4) is 0 Å². The van der Waals surface area contributed by atoms with E-state index in [1.807, 2.05) is 48.5 Å². The molecule has 0 saturated carbocycles. The van der Waals surface area contributed by atoms with E-state index in [1.54, 1.807) is 6.07 Å². The van der Waals surface area contributed by atoms with E-state index < -0.39 is 0 Å². The normalized spacial score (nSPS) is 10.4. The summed E-state index contributed by atoms with van der Waals surface area (Å²) in [5.74, 6) is -0.199. The van der Waals surface area contributed by atoms with Crippen LogP contribution in [0.3, 0.4) is 0 Å². The number of aromatic nitrogens is 2. The van der Waals surface area contributed by atoms with Gasteiger partial charge in [-0.25, -0.2) is 0 Å². The number of halogens is 1. The zero-order chi connectivity index (χ0) is 15.4. The van der Waals surface area contributed by atoms with E-state index in [0.29, 0.717) is 17.1 Å². The van der Waals surface area contributed by atoms with Crippen LogP contribution in [0.5, 0.6) is 0 Å². The van der Waals surface area contributed by atoms with Gasteiger partial charge >= 0.3 is 0 Å². The first-order valence-corrected chi connectivity index (χ1v) is 8.25. The summed E-state index contributed by atoms with van der Waals surface area (Å²) >= 11 is 4.75. The highest BCUT2D eigenvalue weighted by molar-refractivity contribution is 9.10. The molecule has 22 heavy (non-hydrogen) atoms. The van der Waals surface area contributed by atoms with Crippen LogP contribution in [0.4, 0.5) is 5.13 Å². The predicted molar refractivity (Wildman–Crippen MR) is 91.3 cm³/mol. The van der Waals surface area contributed by atoms with Gasteiger partial charge in [0, 0.05) is 10.9 Å². The fourth-order valence-corrected chi connectivity index (χ4v) is 3.19. The summed E-state index contributed by atoms with van der Waals surface area (Å²) in [6.07, 6.45) is 0.712. The van der Waals surface area contributed by atoms with Crippen LogP contribution in [-0.2, 0) is 6.42 Å². The summed E-state index contributed by atoms with van der Waals surface area (Å²) in [6, 6.07) is 17.3. The van der Waals surface area contributed by atoms with Crippen LogP contribution in [-0.4, -0.2) is 16.1 Å². The number of anilines is 1. The van der Waals surface area contributed by atoms with Gasteiger partial charge in [0.05, 0.1) is 5.56 Å². The van der Waals surface area contributed by atoms with Crippen LogP contribution in [0.25, 0.3) is 0 Å². The molecule has 3 rings (SSSR count). The third kappa shape index (κ3) is 3.58. The molecular formula is C16H12BrN3OS. The van der Waals surface area contributed by atoms with Crippen molar-refractivity contribution in [1.29, 1.82) is 0 Å². The molecular weight excluding hydrogens is 362 g/mol. The Bertz CT molecular complexity index is 789. The van der Waals surface area contributed by atoms with E-state index in [2.05, 4.69) is 31.4 Å². The highest BCUT2D eigenvalue weighted by Crippen LogP contribution is 2.21. The number of nitrogens with zero attached hydrogens (tertiary/aromatic N) is 2. The zero-order valence-corrected chi connectivity index (χ0v) is 13.9. The molecule has 0 saturated heterocycles. The molecule has 2 aromatic carbocycles. The Hall–Kier alpha value is -2.05. The van der Waals surface area contributed by atoms with Crippen molar-refractivity contribution in [2.75, 3.05) is 5.32 Å². The van der Waals surface area contributed by atoms with Crippen molar-refractivity contribution < 1.29 is 4.79 Å². The Labute approximate surface area is 140 Å². The van der Waals surface area contributed by atoms with Crippen LogP contribution >= 0.6 is 27.3 Å². The Morgan fingerprint density at radius 3 is 2.55 bits per heavy atom. The van der Waals surface area contributed by atoms with Crippen molar-refractivity contribution in [3.05, 3.63) is 75.2 Å². The molecule has 110 valence electrons. The van der Waals surface area contributed by atoms with Gasteiger partial charge in [-0.1, -0.05) is 53.8 Å². The molecule has 1 heterocycles. The highest BCUT2D eigenvalue weighted by atomic mass is 79.9. The van der Waals surface area contributed by atoms with Gasteiger partial charge in [-0.15, -0.1) is 10.2 Å². The number of benzene rings is 2. The van der Waals surface area contributed by atoms with Gasteiger partial charge < -0.3 is 0 Å². The summed E-state index contributed by atoms with van der Waals surface area (Å²) < 4.78 is 0.751. The molecule has 6 heteroatoms. The van der Waals surface area contributed by atoms with Crippen LogP contribution in [0.1, 0.15) is 20.9 Å². The molecule has 0 aliphatic rings. The third-order valence-corrected chi connectivity index (χ3v) is 4.53. The summed E-state index contributed by atoms with van der Waals surface area (Å²) in [5, 5.41) is 12.3. The number of carbonyl (C=O) groups excluding carboxylic acids is 1. The quantitative estimate of drug-likeness (QED) is 0.747. The molecule has 1 amide bonds. The van der Waals surface area contributed by atoms with Crippen molar-refractivity contribution in [3.63, 3.8) is 0 Å². The Kier molecular flexibility index (Phi) is 4.60.